The Hall–Kier alpha value is -1.89. The SMILES string of the molecule is CC[C@]1(O)CCC[C@H]2CN(C(=O)c3cc4n(n3)CCN(C)C4=O)C[C@H]21. The molecule has 1 aliphatic carbocycles. The van der Waals surface area contributed by atoms with E-state index in [1.165, 1.54) is 0 Å². The molecule has 1 saturated heterocycles. The molecular weight excluding hydrogens is 320 g/mol. The first kappa shape index (κ1) is 16.6. The third kappa shape index (κ3) is 2.56. The zero-order valence-corrected chi connectivity index (χ0v) is 14.9. The van der Waals surface area contributed by atoms with Gasteiger partial charge in [-0.25, -0.2) is 0 Å². The molecule has 3 heterocycles. The van der Waals surface area contributed by atoms with Crippen molar-refractivity contribution in [2.75, 3.05) is 26.7 Å². The Kier molecular flexibility index (Phi) is 3.86. The fourth-order valence-corrected chi connectivity index (χ4v) is 4.80. The molecule has 0 spiro atoms. The molecule has 1 aromatic rings. The summed E-state index contributed by atoms with van der Waals surface area (Å²) in [5.41, 5.74) is 0.181. The second-order valence-electron chi connectivity index (χ2n) is 7.79. The average molecular weight is 346 g/mol. The Morgan fingerprint density at radius 3 is 2.96 bits per heavy atom. The van der Waals surface area contributed by atoms with E-state index in [1.54, 1.807) is 22.7 Å². The van der Waals surface area contributed by atoms with Crippen molar-refractivity contribution in [3.63, 3.8) is 0 Å². The first-order valence-electron chi connectivity index (χ1n) is 9.28. The van der Waals surface area contributed by atoms with Crippen molar-refractivity contribution in [2.24, 2.45) is 11.8 Å². The van der Waals surface area contributed by atoms with Gasteiger partial charge >= 0.3 is 0 Å². The van der Waals surface area contributed by atoms with Crippen molar-refractivity contribution < 1.29 is 14.7 Å². The van der Waals surface area contributed by atoms with E-state index in [4.69, 9.17) is 0 Å². The van der Waals surface area contributed by atoms with Gasteiger partial charge < -0.3 is 14.9 Å². The van der Waals surface area contributed by atoms with E-state index in [9.17, 15) is 14.7 Å². The van der Waals surface area contributed by atoms with E-state index < -0.39 is 5.60 Å². The highest BCUT2D eigenvalue weighted by molar-refractivity contribution is 5.98. The van der Waals surface area contributed by atoms with Crippen molar-refractivity contribution >= 4 is 11.8 Å². The molecule has 0 bridgehead atoms. The number of hydrogen-bond donors (Lipinski definition) is 1. The molecule has 1 N–H and O–H groups in total. The number of aliphatic hydroxyl groups is 1. The number of aromatic nitrogens is 2. The first-order valence-corrected chi connectivity index (χ1v) is 9.28. The molecule has 3 atom stereocenters. The maximum atomic E-state index is 12.9. The summed E-state index contributed by atoms with van der Waals surface area (Å²) in [6.45, 7) is 4.52. The van der Waals surface area contributed by atoms with Gasteiger partial charge in [0.1, 0.15) is 5.69 Å². The summed E-state index contributed by atoms with van der Waals surface area (Å²) in [5, 5.41) is 15.3. The van der Waals surface area contributed by atoms with E-state index in [-0.39, 0.29) is 17.7 Å². The summed E-state index contributed by atoms with van der Waals surface area (Å²) < 4.78 is 1.64. The second kappa shape index (κ2) is 5.83. The normalized spacial score (nSPS) is 31.9. The van der Waals surface area contributed by atoms with Crippen LogP contribution in [0, 0.1) is 11.8 Å². The molecule has 0 aromatic carbocycles. The van der Waals surface area contributed by atoms with Gasteiger partial charge in [-0.2, -0.15) is 5.10 Å². The van der Waals surface area contributed by atoms with E-state index in [0.29, 0.717) is 43.5 Å². The quantitative estimate of drug-likeness (QED) is 0.866. The third-order valence-electron chi connectivity index (χ3n) is 6.43. The van der Waals surface area contributed by atoms with E-state index >= 15 is 0 Å². The monoisotopic (exact) mass is 346 g/mol. The minimum Gasteiger partial charge on any atom is -0.390 e. The predicted octanol–water partition coefficient (Wildman–Crippen LogP) is 0.982. The van der Waals surface area contributed by atoms with Crippen molar-refractivity contribution in [2.45, 2.75) is 44.8 Å². The molecule has 2 fully saturated rings. The van der Waals surface area contributed by atoms with Gasteiger partial charge in [0.15, 0.2) is 5.69 Å². The molecule has 7 nitrogen and oxygen atoms in total. The highest BCUT2D eigenvalue weighted by atomic mass is 16.3. The van der Waals surface area contributed by atoms with Gasteiger partial charge in [0, 0.05) is 38.7 Å². The summed E-state index contributed by atoms with van der Waals surface area (Å²) in [6, 6.07) is 1.62. The van der Waals surface area contributed by atoms with Crippen molar-refractivity contribution in [1.29, 1.82) is 0 Å². The predicted molar refractivity (Wildman–Crippen MR) is 91.2 cm³/mol. The number of carbonyl (C=O) groups excluding carboxylic acids is 2. The zero-order valence-electron chi connectivity index (χ0n) is 14.9. The highest BCUT2D eigenvalue weighted by Gasteiger charge is 2.49. The van der Waals surface area contributed by atoms with Gasteiger partial charge in [-0.05, 0) is 25.2 Å². The fraction of sp³-hybridized carbons (Fsp3) is 0.722. The molecule has 0 radical (unpaired) electrons. The number of amides is 2. The van der Waals surface area contributed by atoms with Gasteiger partial charge in [-0.3, -0.25) is 14.3 Å². The number of carbonyl (C=O) groups is 2. The molecule has 1 aromatic heterocycles. The number of hydrogen-bond acceptors (Lipinski definition) is 4. The van der Waals surface area contributed by atoms with Gasteiger partial charge in [-0.1, -0.05) is 13.3 Å². The Balaban J connectivity index is 1.55. The van der Waals surface area contributed by atoms with Gasteiger partial charge in [0.05, 0.1) is 12.1 Å². The van der Waals surface area contributed by atoms with Crippen LogP contribution in [0.4, 0.5) is 0 Å². The van der Waals surface area contributed by atoms with Crippen LogP contribution in [0.25, 0.3) is 0 Å². The topological polar surface area (TPSA) is 78.7 Å². The Labute approximate surface area is 147 Å². The van der Waals surface area contributed by atoms with Crippen LogP contribution in [-0.4, -0.2) is 68.8 Å². The van der Waals surface area contributed by atoms with Crippen LogP contribution >= 0.6 is 0 Å². The Morgan fingerprint density at radius 1 is 1.40 bits per heavy atom. The van der Waals surface area contributed by atoms with E-state index in [0.717, 1.165) is 25.7 Å². The van der Waals surface area contributed by atoms with Crippen LogP contribution < -0.4 is 0 Å². The molecule has 2 amide bonds. The van der Waals surface area contributed by atoms with Gasteiger partial charge in [0.2, 0.25) is 0 Å². The fourth-order valence-electron chi connectivity index (χ4n) is 4.80. The molecule has 3 aliphatic rings. The summed E-state index contributed by atoms with van der Waals surface area (Å²) in [4.78, 5) is 28.6. The Morgan fingerprint density at radius 2 is 2.20 bits per heavy atom. The molecule has 7 heteroatoms. The minimum atomic E-state index is -0.649. The van der Waals surface area contributed by atoms with Gasteiger partial charge in [0.25, 0.3) is 11.8 Å². The van der Waals surface area contributed by atoms with Crippen molar-refractivity contribution in [3.8, 4) is 0 Å². The lowest BCUT2D eigenvalue weighted by Crippen LogP contribution is -2.44. The molecule has 0 unspecified atom stereocenters. The molecule has 2 aliphatic heterocycles. The number of likely N-dealkylation sites (tertiary alicyclic amines) is 1. The number of nitrogens with zero attached hydrogens (tertiary/aromatic N) is 4. The molecular formula is C18H26N4O3. The smallest absolute Gasteiger partial charge is 0.274 e. The number of likely N-dealkylation sites (N-methyl/N-ethyl adjacent to an activating group) is 1. The lowest BCUT2D eigenvalue weighted by molar-refractivity contribution is -0.0609. The third-order valence-corrected chi connectivity index (χ3v) is 6.43. The summed E-state index contributed by atoms with van der Waals surface area (Å²) in [6.07, 6.45) is 3.65. The van der Waals surface area contributed by atoms with Crippen LogP contribution in [0.3, 0.4) is 0 Å². The first-order chi connectivity index (χ1) is 11.9. The van der Waals surface area contributed by atoms with E-state index in [2.05, 4.69) is 5.10 Å². The van der Waals surface area contributed by atoms with Crippen LogP contribution in [-0.2, 0) is 6.54 Å². The van der Waals surface area contributed by atoms with E-state index in [1.807, 2.05) is 11.8 Å². The van der Waals surface area contributed by atoms with Crippen LogP contribution in [0.15, 0.2) is 6.07 Å². The summed E-state index contributed by atoms with van der Waals surface area (Å²) in [7, 11) is 1.76. The largest absolute Gasteiger partial charge is 0.390 e. The van der Waals surface area contributed by atoms with Crippen LogP contribution in [0.1, 0.15) is 53.6 Å². The van der Waals surface area contributed by atoms with Crippen molar-refractivity contribution in [1.82, 2.24) is 19.6 Å². The summed E-state index contributed by atoms with van der Waals surface area (Å²) in [5.74, 6) is 0.311. The summed E-state index contributed by atoms with van der Waals surface area (Å²) >= 11 is 0. The molecule has 25 heavy (non-hydrogen) atoms. The molecule has 136 valence electrons. The lowest BCUT2D eigenvalue weighted by Gasteiger charge is -2.40. The number of rotatable bonds is 2. The van der Waals surface area contributed by atoms with Crippen LogP contribution in [0.2, 0.25) is 0 Å². The lowest BCUT2D eigenvalue weighted by atomic mass is 9.69. The highest BCUT2D eigenvalue weighted by Crippen LogP contribution is 2.44. The standard InChI is InChI=1S/C18H26N4O3/c1-3-18(25)6-4-5-12-10-21(11-13(12)18)16(23)14-9-15-17(24)20(2)7-8-22(15)19-14/h9,12-13,25H,3-8,10-11H2,1-2H3/t12-,13+,18-/m0/s1. The van der Waals surface area contributed by atoms with Gasteiger partial charge in [-0.15, -0.1) is 0 Å². The maximum Gasteiger partial charge on any atom is 0.274 e. The molecule has 1 saturated carbocycles. The zero-order chi connectivity index (χ0) is 17.8. The van der Waals surface area contributed by atoms with Crippen molar-refractivity contribution in [3.05, 3.63) is 17.5 Å². The van der Waals surface area contributed by atoms with Crippen LogP contribution in [0.5, 0.6) is 0 Å². The number of fused-ring (bicyclic) bond motifs is 2. The second-order valence-corrected chi connectivity index (χ2v) is 7.79. The molecule has 4 rings (SSSR count). The minimum absolute atomic E-state index is 0.0896. The Bertz CT molecular complexity index is 715. The maximum absolute atomic E-state index is 12.9. The average Bonchev–Trinajstić information content (AvgIpc) is 3.23.